The van der Waals surface area contributed by atoms with Crippen LogP contribution in [0.5, 0.6) is 0 Å². The highest BCUT2D eigenvalue weighted by molar-refractivity contribution is 5.70. The normalized spacial score (nSPS) is 43.2. The predicted octanol–water partition coefficient (Wildman–Crippen LogP) is 7.10. The molecule has 0 radical (unpaired) electrons. The first-order valence-electron chi connectivity index (χ1n) is 13.6. The Morgan fingerprint density at radius 3 is 2.56 bits per heavy atom. The second kappa shape index (κ2) is 8.60. The third kappa shape index (κ3) is 3.81. The molecule has 0 aromatic heterocycles. The second-order valence-corrected chi connectivity index (χ2v) is 12.3. The van der Waals surface area contributed by atoms with E-state index in [0.29, 0.717) is 12.3 Å². The van der Waals surface area contributed by atoms with E-state index < -0.39 is 0 Å². The molecule has 5 aliphatic rings. The van der Waals surface area contributed by atoms with Gasteiger partial charge >= 0.3 is 5.97 Å². The fraction of sp³-hybridized carbons (Fsp3) is 0.828. The second-order valence-electron chi connectivity index (χ2n) is 12.3. The predicted molar refractivity (Wildman–Crippen MR) is 128 cm³/mol. The molecule has 0 heterocycles. The highest BCUT2D eigenvalue weighted by atomic mass is 16.5. The third-order valence-corrected chi connectivity index (χ3v) is 10.8. The standard InChI is InChI=1S/C29H44O3/c1-19(32-27(31)13-8-20-6-4-5-7-20)24-11-12-25-23-10-9-21-18-22(30)14-16-28(21,2)26(23)15-17-29(24,25)3/h9,20,22-23,25-26,30H,4-8,10-18H2,1-3H3/b24-19+. The number of hydrogen-bond acceptors (Lipinski definition) is 3. The van der Waals surface area contributed by atoms with Crippen LogP contribution in [0.3, 0.4) is 0 Å². The van der Waals surface area contributed by atoms with E-state index in [9.17, 15) is 9.90 Å². The van der Waals surface area contributed by atoms with Crippen molar-refractivity contribution >= 4 is 5.97 Å². The Hall–Kier alpha value is -1.09. The van der Waals surface area contributed by atoms with Crippen LogP contribution in [0.15, 0.2) is 23.0 Å². The molecule has 1 N–H and O–H groups in total. The lowest BCUT2D eigenvalue weighted by molar-refractivity contribution is -0.140. The Morgan fingerprint density at radius 1 is 1.06 bits per heavy atom. The molecule has 0 amide bonds. The molecule has 0 spiro atoms. The molecule has 5 aliphatic carbocycles. The van der Waals surface area contributed by atoms with Crippen molar-refractivity contribution in [2.24, 2.45) is 34.5 Å². The van der Waals surface area contributed by atoms with E-state index in [1.807, 2.05) is 0 Å². The zero-order chi connectivity index (χ0) is 22.5. The number of rotatable bonds is 4. The number of allylic oxidation sites excluding steroid dienone is 3. The molecule has 178 valence electrons. The molecule has 0 aromatic rings. The van der Waals surface area contributed by atoms with Crippen molar-refractivity contribution in [3.63, 3.8) is 0 Å². The molecule has 6 atom stereocenters. The van der Waals surface area contributed by atoms with Crippen LogP contribution in [0.25, 0.3) is 0 Å². The first-order valence-corrected chi connectivity index (χ1v) is 13.6. The monoisotopic (exact) mass is 440 g/mol. The van der Waals surface area contributed by atoms with Gasteiger partial charge in [0.2, 0.25) is 0 Å². The van der Waals surface area contributed by atoms with Gasteiger partial charge in [-0.15, -0.1) is 0 Å². The molecule has 5 rings (SSSR count). The van der Waals surface area contributed by atoms with Crippen molar-refractivity contribution in [2.75, 3.05) is 0 Å². The third-order valence-electron chi connectivity index (χ3n) is 10.8. The number of hydrogen-bond donors (Lipinski definition) is 1. The summed E-state index contributed by atoms with van der Waals surface area (Å²) in [5, 5.41) is 10.2. The van der Waals surface area contributed by atoms with Gasteiger partial charge in [0, 0.05) is 6.42 Å². The van der Waals surface area contributed by atoms with Crippen LogP contribution in [-0.2, 0) is 9.53 Å². The summed E-state index contributed by atoms with van der Waals surface area (Å²) in [6, 6.07) is 0. The summed E-state index contributed by atoms with van der Waals surface area (Å²) in [6.45, 7) is 7.02. The zero-order valence-corrected chi connectivity index (χ0v) is 20.6. The Balaban J connectivity index is 1.29. The first kappa shape index (κ1) is 22.7. The fourth-order valence-electron chi connectivity index (χ4n) is 8.94. The number of carbonyl (C=O) groups is 1. The average Bonchev–Trinajstić information content (AvgIpc) is 3.40. The van der Waals surface area contributed by atoms with E-state index in [2.05, 4.69) is 26.8 Å². The van der Waals surface area contributed by atoms with Crippen LogP contribution in [0.4, 0.5) is 0 Å². The average molecular weight is 441 g/mol. The van der Waals surface area contributed by atoms with Gasteiger partial charge in [0.25, 0.3) is 0 Å². The minimum Gasteiger partial charge on any atom is -0.431 e. The van der Waals surface area contributed by atoms with Crippen LogP contribution in [0.2, 0.25) is 0 Å². The van der Waals surface area contributed by atoms with Crippen molar-refractivity contribution in [3.8, 4) is 0 Å². The summed E-state index contributed by atoms with van der Waals surface area (Å²) >= 11 is 0. The van der Waals surface area contributed by atoms with Gasteiger partial charge in [-0.05, 0) is 105 Å². The van der Waals surface area contributed by atoms with Gasteiger partial charge in [0.15, 0.2) is 0 Å². The van der Waals surface area contributed by atoms with Gasteiger partial charge < -0.3 is 9.84 Å². The highest BCUT2D eigenvalue weighted by Gasteiger charge is 2.57. The maximum atomic E-state index is 12.6. The maximum Gasteiger partial charge on any atom is 0.310 e. The lowest BCUT2D eigenvalue weighted by Crippen LogP contribution is -2.49. The van der Waals surface area contributed by atoms with Crippen LogP contribution in [-0.4, -0.2) is 17.2 Å². The maximum absolute atomic E-state index is 12.6. The molecule has 0 bridgehead atoms. The van der Waals surface area contributed by atoms with Gasteiger partial charge in [0.05, 0.1) is 6.10 Å². The van der Waals surface area contributed by atoms with Crippen molar-refractivity contribution in [3.05, 3.63) is 23.0 Å². The molecule has 0 aliphatic heterocycles. The largest absolute Gasteiger partial charge is 0.431 e. The lowest BCUT2D eigenvalue weighted by Gasteiger charge is -2.57. The van der Waals surface area contributed by atoms with E-state index >= 15 is 0 Å². The number of ether oxygens (including phenoxy) is 1. The molecule has 4 saturated carbocycles. The van der Waals surface area contributed by atoms with Crippen LogP contribution < -0.4 is 0 Å². The zero-order valence-electron chi connectivity index (χ0n) is 20.6. The summed E-state index contributed by atoms with van der Waals surface area (Å²) in [5.41, 5.74) is 3.46. The Kier molecular flexibility index (Phi) is 6.10. The van der Waals surface area contributed by atoms with Crippen LogP contribution in [0, 0.1) is 34.5 Å². The van der Waals surface area contributed by atoms with Crippen molar-refractivity contribution in [2.45, 2.75) is 117 Å². The molecular weight excluding hydrogens is 396 g/mol. The lowest BCUT2D eigenvalue weighted by atomic mass is 9.48. The van der Waals surface area contributed by atoms with E-state index in [1.54, 1.807) is 5.57 Å². The number of aliphatic hydroxyl groups is 1. The SMILES string of the molecule is C/C(OC(=O)CCC1CCCC1)=C1/CCC2C3CC=C4CC(O)CCC4(C)C3CCC12C. The molecule has 32 heavy (non-hydrogen) atoms. The topological polar surface area (TPSA) is 46.5 Å². The first-order chi connectivity index (χ1) is 15.3. The van der Waals surface area contributed by atoms with Crippen LogP contribution >= 0.6 is 0 Å². The van der Waals surface area contributed by atoms with Gasteiger partial charge in [0.1, 0.15) is 5.76 Å². The Morgan fingerprint density at radius 2 is 1.78 bits per heavy atom. The molecule has 4 fully saturated rings. The summed E-state index contributed by atoms with van der Waals surface area (Å²) in [5.74, 6) is 3.84. The molecule has 3 heteroatoms. The molecule has 6 unspecified atom stereocenters. The van der Waals surface area contributed by atoms with E-state index in [-0.39, 0.29) is 22.9 Å². The van der Waals surface area contributed by atoms with Gasteiger partial charge in [-0.2, -0.15) is 0 Å². The van der Waals surface area contributed by atoms with Crippen molar-refractivity contribution in [1.82, 2.24) is 0 Å². The van der Waals surface area contributed by atoms with Crippen molar-refractivity contribution in [1.29, 1.82) is 0 Å². The summed E-state index contributed by atoms with van der Waals surface area (Å²) in [6.07, 6.45) is 18.2. The summed E-state index contributed by atoms with van der Waals surface area (Å²) < 4.78 is 5.96. The number of esters is 1. The van der Waals surface area contributed by atoms with Gasteiger partial charge in [-0.1, -0.05) is 51.2 Å². The minimum atomic E-state index is -0.133. The van der Waals surface area contributed by atoms with Crippen molar-refractivity contribution < 1.29 is 14.6 Å². The summed E-state index contributed by atoms with van der Waals surface area (Å²) in [4.78, 5) is 12.6. The smallest absolute Gasteiger partial charge is 0.310 e. The quantitative estimate of drug-likeness (QED) is 0.288. The molecule has 3 nitrogen and oxygen atoms in total. The number of carbonyl (C=O) groups excluding carboxylic acids is 1. The Bertz CT molecular complexity index is 803. The summed E-state index contributed by atoms with van der Waals surface area (Å²) in [7, 11) is 0. The fourth-order valence-corrected chi connectivity index (χ4v) is 8.94. The van der Waals surface area contributed by atoms with Gasteiger partial charge in [-0.3, -0.25) is 4.79 Å². The molecule has 0 aromatic carbocycles. The van der Waals surface area contributed by atoms with E-state index in [0.717, 1.165) is 55.6 Å². The van der Waals surface area contributed by atoms with E-state index in [1.165, 1.54) is 56.9 Å². The number of aliphatic hydroxyl groups excluding tert-OH is 1. The Labute approximate surface area is 195 Å². The number of fused-ring (bicyclic) bond motifs is 5. The highest BCUT2D eigenvalue weighted by Crippen LogP contribution is 2.66. The molecular formula is C29H44O3. The minimum absolute atomic E-state index is 0.0128. The van der Waals surface area contributed by atoms with E-state index in [4.69, 9.17) is 4.74 Å². The van der Waals surface area contributed by atoms with Crippen LogP contribution in [0.1, 0.15) is 111 Å². The molecule has 0 saturated heterocycles. The van der Waals surface area contributed by atoms with Gasteiger partial charge in [-0.25, -0.2) is 0 Å².